The zero-order valence-electron chi connectivity index (χ0n) is 13.3. The first-order valence-electron chi connectivity index (χ1n) is 7.84. The van der Waals surface area contributed by atoms with E-state index in [2.05, 4.69) is 32.9 Å². The first-order valence-corrected chi connectivity index (χ1v) is 8.92. The number of hydrogen-bond donors (Lipinski definition) is 3. The van der Waals surface area contributed by atoms with Crippen molar-refractivity contribution >= 4 is 34.5 Å². The third kappa shape index (κ3) is 3.70. The molecule has 0 unspecified atom stereocenters. The normalized spacial score (nSPS) is 16.6. The van der Waals surface area contributed by atoms with Crippen LogP contribution in [0.3, 0.4) is 0 Å². The predicted octanol–water partition coefficient (Wildman–Crippen LogP) is 1.38. The van der Waals surface area contributed by atoms with Gasteiger partial charge in [-0.3, -0.25) is 19.0 Å². The number of halogens is 1. The number of carbonyl (C=O) groups is 2. The highest BCUT2D eigenvalue weighted by Gasteiger charge is 2.36. The summed E-state index contributed by atoms with van der Waals surface area (Å²) in [6.07, 6.45) is 5.04. The lowest BCUT2D eigenvalue weighted by molar-refractivity contribution is -0.135. The summed E-state index contributed by atoms with van der Waals surface area (Å²) in [5, 5.41) is 20.8. The quantitative estimate of drug-likeness (QED) is 0.462. The Kier molecular flexibility index (Phi) is 5.83. The van der Waals surface area contributed by atoms with Crippen LogP contribution in [0.25, 0.3) is 0 Å². The molecule has 0 radical (unpaired) electrons. The van der Waals surface area contributed by atoms with Gasteiger partial charge in [-0.25, -0.2) is 0 Å². The number of nitrogens with zero attached hydrogens (tertiary/aromatic N) is 2. The highest BCUT2D eigenvalue weighted by atomic mass is 127. The minimum Gasteiger partial charge on any atom is -0.493 e. The van der Waals surface area contributed by atoms with Crippen molar-refractivity contribution in [3.8, 4) is 5.88 Å². The SMILES string of the molecule is CCc1nc(O)c(C(=O)NCC(=O)O)c(=O)n1C1(I)CCCCC1. The van der Waals surface area contributed by atoms with Gasteiger partial charge in [0.05, 0.1) is 0 Å². The van der Waals surface area contributed by atoms with E-state index in [-0.39, 0.29) is 0 Å². The van der Waals surface area contributed by atoms with Crippen LogP contribution in [0.1, 0.15) is 55.2 Å². The Labute approximate surface area is 152 Å². The van der Waals surface area contributed by atoms with Crippen molar-refractivity contribution in [1.29, 1.82) is 0 Å². The van der Waals surface area contributed by atoms with Crippen molar-refractivity contribution < 1.29 is 19.8 Å². The van der Waals surface area contributed by atoms with Crippen molar-refractivity contribution in [1.82, 2.24) is 14.9 Å². The summed E-state index contributed by atoms with van der Waals surface area (Å²) < 4.78 is 1.02. The molecule has 1 saturated carbocycles. The Hall–Kier alpha value is -1.65. The number of hydrogen-bond acceptors (Lipinski definition) is 5. The average Bonchev–Trinajstić information content (AvgIpc) is 2.52. The fraction of sp³-hybridized carbons (Fsp3) is 0.600. The van der Waals surface area contributed by atoms with E-state index < -0.39 is 39.0 Å². The summed E-state index contributed by atoms with van der Waals surface area (Å²) in [7, 11) is 0. The van der Waals surface area contributed by atoms with E-state index in [9.17, 15) is 19.5 Å². The van der Waals surface area contributed by atoms with Crippen LogP contribution in [0.5, 0.6) is 5.88 Å². The molecule has 2 rings (SSSR count). The largest absolute Gasteiger partial charge is 0.493 e. The Morgan fingerprint density at radius 1 is 1.33 bits per heavy atom. The molecule has 1 fully saturated rings. The molecule has 0 saturated heterocycles. The van der Waals surface area contributed by atoms with Crippen molar-refractivity contribution in [3.05, 3.63) is 21.7 Å². The molecule has 1 heterocycles. The van der Waals surface area contributed by atoms with Crippen LogP contribution in [0.15, 0.2) is 4.79 Å². The van der Waals surface area contributed by atoms with Gasteiger partial charge in [-0.1, -0.05) is 48.8 Å². The minimum absolute atomic E-state index is 0.420. The van der Waals surface area contributed by atoms with Gasteiger partial charge in [0.15, 0.2) is 5.56 Å². The van der Waals surface area contributed by atoms with E-state index in [1.165, 1.54) is 4.57 Å². The van der Waals surface area contributed by atoms with Gasteiger partial charge in [0.2, 0.25) is 5.88 Å². The average molecular weight is 449 g/mol. The zero-order chi connectivity index (χ0) is 17.9. The highest BCUT2D eigenvalue weighted by molar-refractivity contribution is 14.1. The van der Waals surface area contributed by atoms with Crippen molar-refractivity contribution in [2.75, 3.05) is 6.54 Å². The van der Waals surface area contributed by atoms with Crippen LogP contribution in [-0.2, 0) is 14.8 Å². The van der Waals surface area contributed by atoms with Gasteiger partial charge in [0, 0.05) is 6.42 Å². The predicted molar refractivity (Wildman–Crippen MR) is 94.6 cm³/mol. The fourth-order valence-corrected chi connectivity index (χ4v) is 4.22. The number of aromatic hydroxyl groups is 1. The summed E-state index contributed by atoms with van der Waals surface area (Å²) in [6.45, 7) is 1.19. The molecule has 1 aromatic heterocycles. The van der Waals surface area contributed by atoms with Gasteiger partial charge < -0.3 is 15.5 Å². The lowest BCUT2D eigenvalue weighted by Crippen LogP contribution is -2.44. The number of amides is 1. The summed E-state index contributed by atoms with van der Waals surface area (Å²) in [5.41, 5.74) is -1.13. The molecule has 132 valence electrons. The second kappa shape index (κ2) is 7.49. The lowest BCUT2D eigenvalue weighted by Gasteiger charge is -2.35. The van der Waals surface area contributed by atoms with Crippen LogP contribution >= 0.6 is 22.6 Å². The van der Waals surface area contributed by atoms with E-state index in [1.54, 1.807) is 0 Å². The number of aryl methyl sites for hydroxylation is 1. The summed E-state index contributed by atoms with van der Waals surface area (Å²) in [6, 6.07) is 0. The summed E-state index contributed by atoms with van der Waals surface area (Å²) in [4.78, 5) is 39.7. The summed E-state index contributed by atoms with van der Waals surface area (Å²) in [5.74, 6) is -2.41. The van der Waals surface area contributed by atoms with E-state index in [1.807, 2.05) is 6.92 Å². The van der Waals surface area contributed by atoms with Crippen molar-refractivity contribution in [2.24, 2.45) is 0 Å². The molecule has 1 aromatic rings. The first-order chi connectivity index (χ1) is 11.3. The maximum atomic E-state index is 12.9. The number of rotatable bonds is 5. The van der Waals surface area contributed by atoms with Crippen LogP contribution < -0.4 is 10.9 Å². The first kappa shape index (κ1) is 18.7. The molecule has 3 N–H and O–H groups in total. The van der Waals surface area contributed by atoms with Gasteiger partial charge in [0.25, 0.3) is 11.5 Å². The Balaban J connectivity index is 2.54. The fourth-order valence-electron chi connectivity index (χ4n) is 2.96. The molecule has 1 aliphatic rings. The molecule has 0 bridgehead atoms. The van der Waals surface area contributed by atoms with E-state index in [4.69, 9.17) is 5.11 Å². The van der Waals surface area contributed by atoms with E-state index >= 15 is 0 Å². The topological polar surface area (TPSA) is 122 Å². The number of carboxylic acid groups (broad SMARTS) is 1. The van der Waals surface area contributed by atoms with Crippen molar-refractivity contribution in [3.63, 3.8) is 0 Å². The van der Waals surface area contributed by atoms with Gasteiger partial charge >= 0.3 is 5.97 Å². The van der Waals surface area contributed by atoms with Gasteiger partial charge in [0.1, 0.15) is 15.9 Å². The molecule has 1 amide bonds. The smallest absolute Gasteiger partial charge is 0.322 e. The van der Waals surface area contributed by atoms with Crippen LogP contribution in [0, 0.1) is 0 Å². The monoisotopic (exact) mass is 449 g/mol. The summed E-state index contributed by atoms with van der Waals surface area (Å²) >= 11 is 2.23. The van der Waals surface area contributed by atoms with E-state index in [0.717, 1.165) is 32.1 Å². The molecule has 8 nitrogen and oxygen atoms in total. The second-order valence-electron chi connectivity index (χ2n) is 5.78. The number of alkyl halides is 1. The molecule has 0 aliphatic heterocycles. The number of aliphatic carboxylic acids is 1. The standard InChI is InChI=1S/C15H20IN3O5/c1-2-9-18-13(23)11(12(22)17-8-10(20)21)14(24)19(9)15(16)6-4-3-5-7-15/h23H,2-8H2,1H3,(H,17,22)(H,20,21). The van der Waals surface area contributed by atoms with Crippen LogP contribution in [-0.4, -0.2) is 38.2 Å². The van der Waals surface area contributed by atoms with Crippen LogP contribution in [0.4, 0.5) is 0 Å². The second-order valence-corrected chi connectivity index (χ2v) is 7.78. The maximum Gasteiger partial charge on any atom is 0.322 e. The number of nitrogens with one attached hydrogen (secondary N) is 1. The van der Waals surface area contributed by atoms with Gasteiger partial charge in [-0.05, 0) is 12.8 Å². The molecule has 0 spiro atoms. The third-order valence-corrected chi connectivity index (χ3v) is 5.66. The van der Waals surface area contributed by atoms with Crippen molar-refractivity contribution in [2.45, 2.75) is 49.0 Å². The molecule has 9 heteroatoms. The Morgan fingerprint density at radius 3 is 2.50 bits per heavy atom. The lowest BCUT2D eigenvalue weighted by atomic mass is 9.94. The molecular formula is C15H20IN3O5. The highest BCUT2D eigenvalue weighted by Crippen LogP contribution is 2.40. The molecule has 1 aliphatic carbocycles. The molecule has 24 heavy (non-hydrogen) atoms. The maximum absolute atomic E-state index is 12.9. The third-order valence-electron chi connectivity index (χ3n) is 4.10. The number of aromatic nitrogens is 2. The van der Waals surface area contributed by atoms with Gasteiger partial charge in [-0.2, -0.15) is 4.98 Å². The van der Waals surface area contributed by atoms with Gasteiger partial charge in [-0.15, -0.1) is 0 Å². The van der Waals surface area contributed by atoms with Crippen LogP contribution in [0.2, 0.25) is 0 Å². The van der Waals surface area contributed by atoms with E-state index in [0.29, 0.717) is 12.2 Å². The minimum atomic E-state index is -1.24. The molecular weight excluding hydrogens is 429 g/mol. The molecule has 0 atom stereocenters. The molecule has 0 aromatic carbocycles. The zero-order valence-corrected chi connectivity index (χ0v) is 15.5. The Bertz CT molecular complexity index is 710. The Morgan fingerprint density at radius 2 is 1.96 bits per heavy atom. The number of carboxylic acids is 1. The number of carbonyl (C=O) groups excluding carboxylic acids is 1.